The third-order valence-corrected chi connectivity index (χ3v) is 39.9. The largest absolute Gasteiger partial charge is 0.461 e. The third-order valence-electron chi connectivity index (χ3n) is 28.1. The minimum atomic E-state index is -1.25. The molecule has 3 aliphatic carbocycles. The zero-order valence-electron chi connectivity index (χ0n) is 82.0. The number of aldehydes is 1. The molecule has 0 radical (unpaired) electrons. The minimum absolute atomic E-state index is 0.0204. The summed E-state index contributed by atoms with van der Waals surface area (Å²) in [7, 11) is -7.54. The Kier molecular flexibility index (Phi) is 30.1. The number of carbonyl (C=O) groups is 1. The fraction of sp³-hybridized carbons (Fsp3) is 0.538. The number of allylic oxidation sites excluding steroid dienone is 7. The number of hydrogen-bond donors (Lipinski definition) is 0. The van der Waals surface area contributed by atoms with Gasteiger partial charge in [-0.2, -0.15) is 0 Å². The van der Waals surface area contributed by atoms with E-state index in [4.69, 9.17) is 11.3 Å². The number of ether oxygens (including phenoxy) is 1. The van der Waals surface area contributed by atoms with E-state index in [2.05, 4.69) is 269 Å². The van der Waals surface area contributed by atoms with Gasteiger partial charge >= 0.3 is 0 Å². The van der Waals surface area contributed by atoms with Gasteiger partial charge in [-0.3, -0.25) is 4.79 Å². The van der Waals surface area contributed by atoms with E-state index in [0.29, 0.717) is 48.0 Å². The van der Waals surface area contributed by atoms with Gasteiger partial charge in [0.15, 0.2) is 0 Å². The maximum Gasteiger partial charge on any atom is 0.269 e. The summed E-state index contributed by atoms with van der Waals surface area (Å²) >= 11 is 0. The van der Waals surface area contributed by atoms with Crippen molar-refractivity contribution in [2.24, 2.45) is 10.8 Å². The highest BCUT2D eigenvalue weighted by molar-refractivity contribution is 6.78. The van der Waals surface area contributed by atoms with Gasteiger partial charge in [0.05, 0.1) is 23.7 Å². The first-order valence-corrected chi connectivity index (χ1v) is 74.3. The minimum Gasteiger partial charge on any atom is -0.461 e. The van der Waals surface area contributed by atoms with Crippen LogP contribution in [0.2, 0.25) is 180 Å². The van der Waals surface area contributed by atoms with Gasteiger partial charge in [-0.25, -0.2) is 19.5 Å². The van der Waals surface area contributed by atoms with Crippen LogP contribution in [-0.2, 0) is 18.1 Å². The van der Waals surface area contributed by atoms with E-state index in [1.807, 2.05) is 94.3 Å². The van der Waals surface area contributed by atoms with Gasteiger partial charge in [0.25, 0.3) is 5.70 Å². The fourth-order valence-electron chi connectivity index (χ4n) is 22.4. The Labute approximate surface area is 772 Å². The lowest BCUT2D eigenvalue weighted by molar-refractivity contribution is -0.00270. The van der Waals surface area contributed by atoms with Crippen LogP contribution in [0.3, 0.4) is 0 Å². The second-order valence-corrected chi connectivity index (χ2v) is 86.6. The van der Waals surface area contributed by atoms with Crippen molar-refractivity contribution in [3.63, 3.8) is 0 Å². The molecule has 8 aromatic rings. The maximum atomic E-state index is 11.6. The average Bonchev–Trinajstić information content (AvgIpc) is 1.56. The molecule has 6 aromatic carbocycles. The van der Waals surface area contributed by atoms with Crippen molar-refractivity contribution in [2.75, 3.05) is 58.9 Å². The van der Waals surface area contributed by atoms with Crippen molar-refractivity contribution in [2.45, 2.75) is 313 Å². The summed E-state index contributed by atoms with van der Waals surface area (Å²) in [5, 5.41) is 27.0. The van der Waals surface area contributed by atoms with E-state index in [1.165, 1.54) is 162 Å². The first-order valence-electron chi connectivity index (χ1n) is 48.3. The Morgan fingerprint density at radius 1 is 0.480 bits per heavy atom. The molecule has 14 nitrogen and oxygen atoms in total. The van der Waals surface area contributed by atoms with E-state index in [-0.39, 0.29) is 11.1 Å². The molecule has 127 heavy (non-hydrogen) atoms. The normalized spacial score (nSPS) is 22.9. The molecule has 21 heteroatoms. The molecule has 3 saturated carbocycles. The topological polar surface area (TPSA) is 129 Å². The van der Waals surface area contributed by atoms with Crippen molar-refractivity contribution >= 4 is 114 Å². The molecule has 678 valence electrons. The Balaban J connectivity index is 0.000000146. The van der Waals surface area contributed by atoms with Gasteiger partial charge in [-0.1, -0.05) is 264 Å². The van der Waals surface area contributed by atoms with Crippen molar-refractivity contribution in [1.29, 1.82) is 5.26 Å². The van der Waals surface area contributed by atoms with Gasteiger partial charge in [0.2, 0.25) is 0 Å². The van der Waals surface area contributed by atoms with Crippen LogP contribution < -0.4 is 19.6 Å². The molecule has 2 bridgehead atoms. The Morgan fingerprint density at radius 2 is 0.843 bits per heavy atom. The monoisotopic (exact) mass is 1820 g/mol. The SMILES string of the molecule is C=CC[Si](C)(C)C.C[Si](C)(C)CC1CCN2CCC(C[Si](C)(C)C)c3cc(C=O)cc1c32.C[Si](C)(C)CC1CCN2CCC(C[Si](C)(C)C)c3cccc1c32.[C-]#[N+]/C(C#N)=C1C=C(/C=C/c2cc3c4c(c2)C(C[Si](C)(C)C)CCN4CCC3C[Si](C)(C)C)OC(C23CCC(C)(CC2)CC3)=C\1.c1ccc(N(Cn2nnc3ccccc32)Cn2nnc3ccccc32)cc1. The standard InChI is InChI=1S/C39H53N3OSi2.C21H35NOSi2.C20H17N7.C20H35NSi2.C6H14Si/c1-38-13-16-39(17-14-38,18-15-38)36-24-31(35(25-40)41-2)23-32(43-36)10-9-28-21-33-29(26-44(3,4)5)11-19-42-20-12-30(27-45(6,7)8)34(22-28)37(33)42;1-24(2,3)14-17-7-9-22-10-8-18(15-25(4,5)6)20-12-16(13-23)11-19(17)21(20)22;1-2-8-16(9-3-1)25(14-26-19-12-6-4-10-17(19)21-23-26)15-27-20-13-7-5-11-18(20)22-24-27;1-22(2,3)14-16-10-12-21-13-11-17(15-23(4,5)6)19-9-7-8-18(16)20(19)21;1-5-6-7(2,3)4/h9-10,21-24,29-30H,11-20,26-27H2,1,3-8H3;11-13,17-18H,7-10,14-15H2,1-6H3;1-13H,14-15H2;7-9,16-17H,10-15H2,1-6H3;5H,1,6H2,2-4H3/b10-9+,35-31+;;;;. The number of hydrogen-bond acceptors (Lipinski definition) is 11. The predicted octanol–water partition coefficient (Wildman–Crippen LogP) is 28.9. The highest BCUT2D eigenvalue weighted by Gasteiger charge is 2.50. The molecule has 9 heterocycles. The molecule has 10 aliphatic rings. The van der Waals surface area contributed by atoms with E-state index in [1.54, 1.807) is 33.6 Å². The second-order valence-electron chi connectivity index (χ2n) is 47.9. The molecule has 2 aromatic heterocycles. The van der Waals surface area contributed by atoms with Crippen LogP contribution in [0.1, 0.15) is 169 Å². The molecular formula is C106H154N12O2Si7. The lowest BCUT2D eigenvalue weighted by Crippen LogP contribution is -2.41. The summed E-state index contributed by atoms with van der Waals surface area (Å²) in [6, 6.07) is 54.5. The zero-order chi connectivity index (χ0) is 91.4. The molecule has 7 aliphatic heterocycles. The molecule has 0 amide bonds. The van der Waals surface area contributed by atoms with E-state index < -0.39 is 56.5 Å². The number of fused-ring (bicyclic) bond motifs is 5. The van der Waals surface area contributed by atoms with Gasteiger partial charge in [0, 0.05) is 130 Å². The fourth-order valence-corrected chi connectivity index (χ4v) is 34.7. The number of nitrogens with zero attached hydrogens (tertiary/aromatic N) is 12. The van der Waals surface area contributed by atoms with Crippen LogP contribution in [0, 0.1) is 28.7 Å². The number of anilines is 4. The lowest BCUT2D eigenvalue weighted by Gasteiger charge is -2.52. The smallest absolute Gasteiger partial charge is 0.269 e. The van der Waals surface area contributed by atoms with Crippen LogP contribution in [0.15, 0.2) is 175 Å². The molecule has 0 N–H and O–H groups in total. The number of nitriles is 1. The number of para-hydroxylation sites is 4. The van der Waals surface area contributed by atoms with E-state index >= 15 is 0 Å². The van der Waals surface area contributed by atoms with Crippen LogP contribution >= 0.6 is 0 Å². The molecular weight excluding hydrogens is 1670 g/mol. The average molecular weight is 1830 g/mol. The highest BCUT2D eigenvalue weighted by atomic mass is 28.3. The molecule has 0 spiro atoms. The van der Waals surface area contributed by atoms with Crippen LogP contribution in [0.5, 0.6) is 0 Å². The van der Waals surface area contributed by atoms with Crippen molar-refractivity contribution in [1.82, 2.24) is 30.0 Å². The number of aromatic nitrogens is 6. The quantitative estimate of drug-likeness (QED) is 0.0200. The van der Waals surface area contributed by atoms with Gasteiger partial charge < -0.3 is 24.3 Å². The number of benzene rings is 6. The van der Waals surface area contributed by atoms with Gasteiger partial charge in [-0.05, 0) is 247 Å². The van der Waals surface area contributed by atoms with Crippen LogP contribution in [0.4, 0.5) is 22.7 Å². The lowest BCUT2D eigenvalue weighted by atomic mass is 9.53. The molecule has 18 rings (SSSR count). The van der Waals surface area contributed by atoms with Crippen LogP contribution in [-0.4, -0.2) is 132 Å². The summed E-state index contributed by atoms with van der Waals surface area (Å²) < 4.78 is 10.5. The van der Waals surface area contributed by atoms with Gasteiger partial charge in [0.1, 0.15) is 42.2 Å². The summed E-state index contributed by atoms with van der Waals surface area (Å²) in [5.41, 5.74) is 22.6. The van der Waals surface area contributed by atoms with Crippen LogP contribution in [0.25, 0.3) is 33.0 Å². The van der Waals surface area contributed by atoms with Gasteiger partial charge in [-0.15, -0.1) is 16.8 Å². The van der Waals surface area contributed by atoms with Crippen molar-refractivity contribution in [3.8, 4) is 6.07 Å². The predicted molar refractivity (Wildman–Crippen MR) is 561 cm³/mol. The molecule has 0 saturated heterocycles. The first-order chi connectivity index (χ1) is 59.9. The van der Waals surface area contributed by atoms with Crippen molar-refractivity contribution in [3.05, 3.63) is 231 Å². The summed E-state index contributed by atoms with van der Waals surface area (Å²) in [5.74, 6) is 5.93. The van der Waals surface area contributed by atoms with E-state index in [0.717, 1.165) is 82.2 Å². The summed E-state index contributed by atoms with van der Waals surface area (Å²) in [6.07, 6.45) is 26.2. The zero-order valence-corrected chi connectivity index (χ0v) is 89.0. The first kappa shape index (κ1) is 96.5. The molecule has 3 fully saturated rings. The number of rotatable bonds is 23. The highest BCUT2D eigenvalue weighted by Crippen LogP contribution is 2.61. The third kappa shape index (κ3) is 25.0. The second kappa shape index (κ2) is 39.6. The van der Waals surface area contributed by atoms with E-state index in [9.17, 15) is 10.1 Å². The Hall–Kier alpha value is -8.01. The van der Waals surface area contributed by atoms with Crippen molar-refractivity contribution < 1.29 is 9.53 Å². The molecule has 6 atom stereocenters. The number of carbonyl (C=O) groups excluding carboxylic acids is 1. The molecule has 6 unspecified atom stereocenters. The Bertz CT molecular complexity index is 5160. The maximum absolute atomic E-state index is 11.6. The summed E-state index contributed by atoms with van der Waals surface area (Å²) in [4.78, 5) is 25.5. The Morgan fingerprint density at radius 3 is 1.19 bits per heavy atom. The summed E-state index contributed by atoms with van der Waals surface area (Å²) in [6.45, 7) is 74.5.